The van der Waals surface area contributed by atoms with Crippen molar-refractivity contribution in [2.24, 2.45) is 5.92 Å². The van der Waals surface area contributed by atoms with Crippen LogP contribution < -0.4 is 0 Å². The minimum absolute atomic E-state index is 0.231. The zero-order valence-corrected chi connectivity index (χ0v) is 19.3. The molecule has 5 heteroatoms. The molecule has 2 aromatic carbocycles. The highest BCUT2D eigenvalue weighted by Gasteiger charge is 2.44. The van der Waals surface area contributed by atoms with Gasteiger partial charge >= 0.3 is 0 Å². The lowest BCUT2D eigenvalue weighted by Crippen LogP contribution is -2.51. The number of benzene rings is 2. The number of pyridine rings is 1. The van der Waals surface area contributed by atoms with E-state index in [4.69, 9.17) is 9.47 Å². The van der Waals surface area contributed by atoms with Gasteiger partial charge in [-0.3, -0.25) is 9.78 Å². The van der Waals surface area contributed by atoms with Crippen LogP contribution in [-0.2, 0) is 26.1 Å². The Morgan fingerprint density at radius 1 is 1.03 bits per heavy atom. The topological polar surface area (TPSA) is 51.7 Å². The number of aryl methyl sites for hydroxylation is 1. The van der Waals surface area contributed by atoms with Gasteiger partial charge in [-0.1, -0.05) is 48.0 Å². The number of carbonyl (C=O) groups is 1. The van der Waals surface area contributed by atoms with Gasteiger partial charge in [0, 0.05) is 50.0 Å². The third kappa shape index (κ3) is 4.66. The Labute approximate surface area is 195 Å². The van der Waals surface area contributed by atoms with E-state index < -0.39 is 5.41 Å². The van der Waals surface area contributed by atoms with E-state index >= 15 is 0 Å². The van der Waals surface area contributed by atoms with Gasteiger partial charge in [0.15, 0.2) is 0 Å². The third-order valence-corrected chi connectivity index (χ3v) is 7.21. The van der Waals surface area contributed by atoms with E-state index in [1.807, 2.05) is 12.4 Å². The molecule has 2 aliphatic rings. The van der Waals surface area contributed by atoms with Crippen molar-refractivity contribution < 1.29 is 14.3 Å². The SMILES string of the molecule is Cc1ccc(C2(C(=O)N3CCOCC(Cc4ccc5cnccc5c4)C3)CCOCC2)cc1. The van der Waals surface area contributed by atoms with Crippen molar-refractivity contribution in [3.05, 3.63) is 77.6 Å². The summed E-state index contributed by atoms with van der Waals surface area (Å²) in [7, 11) is 0. The van der Waals surface area contributed by atoms with Gasteiger partial charge in [-0.05, 0) is 48.8 Å². The molecule has 1 amide bonds. The fourth-order valence-corrected chi connectivity index (χ4v) is 5.30. The lowest BCUT2D eigenvalue weighted by molar-refractivity contribution is -0.141. The molecule has 0 saturated carbocycles. The number of fused-ring (bicyclic) bond motifs is 1. The van der Waals surface area contributed by atoms with Gasteiger partial charge in [-0.2, -0.15) is 0 Å². The molecular weight excluding hydrogens is 412 g/mol. The summed E-state index contributed by atoms with van der Waals surface area (Å²) >= 11 is 0. The predicted octanol–water partition coefficient (Wildman–Crippen LogP) is 4.31. The molecule has 172 valence electrons. The average Bonchev–Trinajstić information content (AvgIpc) is 3.10. The van der Waals surface area contributed by atoms with Crippen LogP contribution in [0.4, 0.5) is 0 Å². The number of aromatic nitrogens is 1. The van der Waals surface area contributed by atoms with Crippen LogP contribution in [-0.4, -0.2) is 55.3 Å². The Morgan fingerprint density at radius 2 is 1.85 bits per heavy atom. The monoisotopic (exact) mass is 444 g/mol. The van der Waals surface area contributed by atoms with Crippen LogP contribution in [0.1, 0.15) is 29.5 Å². The summed E-state index contributed by atoms with van der Waals surface area (Å²) in [5.41, 5.74) is 3.10. The van der Waals surface area contributed by atoms with Crippen molar-refractivity contribution in [2.45, 2.75) is 31.6 Å². The quantitative estimate of drug-likeness (QED) is 0.602. The molecule has 0 spiro atoms. The van der Waals surface area contributed by atoms with Crippen LogP contribution >= 0.6 is 0 Å². The maximum atomic E-state index is 14.1. The molecule has 1 unspecified atom stereocenters. The van der Waals surface area contributed by atoms with Crippen LogP contribution in [0.5, 0.6) is 0 Å². The first-order chi connectivity index (χ1) is 16.1. The zero-order valence-electron chi connectivity index (χ0n) is 19.3. The van der Waals surface area contributed by atoms with E-state index in [0.29, 0.717) is 33.0 Å². The standard InChI is InChI=1S/C28H32N2O3/c1-21-2-6-26(7-3-21)28(9-13-32-14-10-28)27(31)30-12-15-33-20-23(19-30)16-22-4-5-25-18-29-11-8-24(25)17-22/h2-8,11,17-18,23H,9-10,12-16,19-20H2,1H3. The van der Waals surface area contributed by atoms with Crippen molar-refractivity contribution in [1.29, 1.82) is 0 Å². The molecule has 2 fully saturated rings. The molecule has 0 N–H and O–H groups in total. The molecule has 0 aliphatic carbocycles. The second kappa shape index (κ2) is 9.62. The van der Waals surface area contributed by atoms with Crippen LogP contribution in [0, 0.1) is 12.8 Å². The van der Waals surface area contributed by atoms with E-state index in [0.717, 1.165) is 36.8 Å². The summed E-state index contributed by atoms with van der Waals surface area (Å²) in [6.45, 7) is 5.97. The Morgan fingerprint density at radius 3 is 2.67 bits per heavy atom. The highest BCUT2D eigenvalue weighted by Crippen LogP contribution is 2.37. The smallest absolute Gasteiger partial charge is 0.233 e. The summed E-state index contributed by atoms with van der Waals surface area (Å²) in [5, 5.41) is 2.35. The lowest BCUT2D eigenvalue weighted by atomic mass is 9.72. The molecule has 33 heavy (non-hydrogen) atoms. The Hall–Kier alpha value is -2.76. The van der Waals surface area contributed by atoms with Crippen molar-refractivity contribution >= 4 is 16.7 Å². The molecule has 2 saturated heterocycles. The van der Waals surface area contributed by atoms with Crippen LogP contribution in [0.2, 0.25) is 0 Å². The highest BCUT2D eigenvalue weighted by molar-refractivity contribution is 5.88. The molecule has 5 rings (SSSR count). The Kier molecular flexibility index (Phi) is 6.43. The molecule has 1 aromatic heterocycles. The largest absolute Gasteiger partial charge is 0.381 e. The van der Waals surface area contributed by atoms with Gasteiger partial charge < -0.3 is 14.4 Å². The lowest BCUT2D eigenvalue weighted by Gasteiger charge is -2.40. The van der Waals surface area contributed by atoms with Gasteiger partial charge in [0.25, 0.3) is 0 Å². The number of nitrogens with zero attached hydrogens (tertiary/aromatic N) is 2. The number of hydrogen-bond acceptors (Lipinski definition) is 4. The van der Waals surface area contributed by atoms with Gasteiger partial charge in [0.1, 0.15) is 0 Å². The third-order valence-electron chi connectivity index (χ3n) is 7.21. The van der Waals surface area contributed by atoms with Crippen molar-refractivity contribution in [1.82, 2.24) is 9.88 Å². The van der Waals surface area contributed by atoms with Crippen LogP contribution in [0.3, 0.4) is 0 Å². The second-order valence-electron chi connectivity index (χ2n) is 9.51. The Bertz CT molecular complexity index is 1110. The van der Waals surface area contributed by atoms with Crippen molar-refractivity contribution in [3.8, 4) is 0 Å². The second-order valence-corrected chi connectivity index (χ2v) is 9.51. The first-order valence-corrected chi connectivity index (χ1v) is 12.0. The highest BCUT2D eigenvalue weighted by atomic mass is 16.5. The molecule has 1 atom stereocenters. The molecule has 5 nitrogen and oxygen atoms in total. The first-order valence-electron chi connectivity index (χ1n) is 12.0. The van der Waals surface area contributed by atoms with Gasteiger partial charge in [0.05, 0.1) is 18.6 Å². The summed E-state index contributed by atoms with van der Waals surface area (Å²) < 4.78 is 11.6. The molecule has 0 radical (unpaired) electrons. The molecular formula is C28H32N2O3. The minimum Gasteiger partial charge on any atom is -0.381 e. The van der Waals surface area contributed by atoms with Gasteiger partial charge in [-0.25, -0.2) is 0 Å². The molecule has 3 heterocycles. The number of carbonyl (C=O) groups excluding carboxylic acids is 1. The van der Waals surface area contributed by atoms with Crippen molar-refractivity contribution in [3.63, 3.8) is 0 Å². The summed E-state index contributed by atoms with van der Waals surface area (Å²) in [5.74, 6) is 0.500. The van der Waals surface area contributed by atoms with Crippen LogP contribution in [0.25, 0.3) is 10.8 Å². The molecule has 0 bridgehead atoms. The van der Waals surface area contributed by atoms with Crippen molar-refractivity contribution in [2.75, 3.05) is 39.5 Å². The average molecular weight is 445 g/mol. The summed E-state index contributed by atoms with van der Waals surface area (Å²) in [6, 6.07) is 17.1. The summed E-state index contributed by atoms with van der Waals surface area (Å²) in [6.07, 6.45) is 6.08. The number of amides is 1. The fourth-order valence-electron chi connectivity index (χ4n) is 5.30. The van der Waals surface area contributed by atoms with E-state index in [1.54, 1.807) is 0 Å². The van der Waals surface area contributed by atoms with Crippen LogP contribution in [0.15, 0.2) is 60.9 Å². The van der Waals surface area contributed by atoms with Gasteiger partial charge in [0.2, 0.25) is 5.91 Å². The fraction of sp³-hybridized carbons (Fsp3) is 0.429. The van der Waals surface area contributed by atoms with E-state index in [9.17, 15) is 4.79 Å². The number of rotatable bonds is 4. The molecule has 3 aromatic rings. The normalized spacial score (nSPS) is 21.0. The predicted molar refractivity (Wildman–Crippen MR) is 129 cm³/mol. The van der Waals surface area contributed by atoms with E-state index in [1.165, 1.54) is 16.5 Å². The summed E-state index contributed by atoms with van der Waals surface area (Å²) in [4.78, 5) is 20.4. The minimum atomic E-state index is -0.503. The molecule has 2 aliphatic heterocycles. The number of ether oxygens (including phenoxy) is 2. The number of hydrogen-bond donors (Lipinski definition) is 0. The van der Waals surface area contributed by atoms with Gasteiger partial charge in [-0.15, -0.1) is 0 Å². The zero-order chi connectivity index (χ0) is 22.7. The van der Waals surface area contributed by atoms with E-state index in [-0.39, 0.29) is 11.8 Å². The first kappa shape index (κ1) is 22.1. The van der Waals surface area contributed by atoms with E-state index in [2.05, 4.69) is 65.3 Å². The Balaban J connectivity index is 1.37. The maximum absolute atomic E-state index is 14.1. The maximum Gasteiger partial charge on any atom is 0.233 e.